The maximum atomic E-state index is 10.1. The summed E-state index contributed by atoms with van der Waals surface area (Å²) in [6, 6.07) is 0.459. The Morgan fingerprint density at radius 2 is 2.23 bits per heavy atom. The van der Waals surface area contributed by atoms with E-state index < -0.39 is 5.60 Å². The third kappa shape index (κ3) is 2.93. The first kappa shape index (κ1) is 11.0. The molecule has 1 heterocycles. The number of ether oxygens (including phenoxy) is 1. The molecule has 2 atom stereocenters. The molecule has 0 bridgehead atoms. The van der Waals surface area contributed by atoms with Crippen LogP contribution in [0.25, 0.3) is 0 Å². The van der Waals surface area contributed by atoms with Gasteiger partial charge in [-0.2, -0.15) is 0 Å². The van der Waals surface area contributed by atoms with Crippen LogP contribution < -0.4 is 0 Å². The van der Waals surface area contributed by atoms with Crippen LogP contribution in [-0.4, -0.2) is 48.0 Å². The van der Waals surface area contributed by atoms with Gasteiger partial charge < -0.3 is 14.7 Å². The van der Waals surface area contributed by atoms with E-state index >= 15 is 0 Å². The molecule has 1 aliphatic heterocycles. The molecule has 1 rings (SSSR count). The molecule has 0 radical (unpaired) electrons. The summed E-state index contributed by atoms with van der Waals surface area (Å²) in [6.07, 6.45) is 1.01. The summed E-state index contributed by atoms with van der Waals surface area (Å²) in [7, 11) is 2.04. The largest absolute Gasteiger partial charge is 0.386 e. The summed E-state index contributed by atoms with van der Waals surface area (Å²) < 4.78 is 5.45. The Kier molecular flexibility index (Phi) is 3.33. The Labute approximate surface area is 80.7 Å². The second kappa shape index (κ2) is 3.95. The molecule has 3 nitrogen and oxygen atoms in total. The Morgan fingerprint density at radius 3 is 2.62 bits per heavy atom. The highest BCUT2D eigenvalue weighted by molar-refractivity contribution is 4.93. The van der Waals surface area contributed by atoms with E-state index in [9.17, 15) is 5.11 Å². The van der Waals surface area contributed by atoms with Gasteiger partial charge in [0.1, 0.15) is 5.60 Å². The zero-order valence-electron chi connectivity index (χ0n) is 9.08. The highest BCUT2D eigenvalue weighted by atomic mass is 16.5. The standard InChI is InChI=1S/C10H21NO2/c1-8(2)13-7-10(12)5-9(3)11(4)6-10/h8-9,12H,5-7H2,1-4H3. The van der Waals surface area contributed by atoms with Crippen LogP contribution in [0.1, 0.15) is 27.2 Å². The van der Waals surface area contributed by atoms with Crippen molar-refractivity contribution in [3.8, 4) is 0 Å². The van der Waals surface area contributed by atoms with Crippen molar-refractivity contribution in [2.75, 3.05) is 20.2 Å². The SMILES string of the molecule is CC(C)OCC1(O)CC(C)N(C)C1. The lowest BCUT2D eigenvalue weighted by molar-refractivity contribution is -0.0568. The fourth-order valence-corrected chi connectivity index (χ4v) is 1.82. The highest BCUT2D eigenvalue weighted by Crippen LogP contribution is 2.25. The van der Waals surface area contributed by atoms with Gasteiger partial charge in [-0.1, -0.05) is 0 Å². The number of likely N-dealkylation sites (tertiary alicyclic amines) is 1. The van der Waals surface area contributed by atoms with Gasteiger partial charge in [0.25, 0.3) is 0 Å². The number of nitrogens with zero attached hydrogens (tertiary/aromatic N) is 1. The van der Waals surface area contributed by atoms with Crippen LogP contribution in [-0.2, 0) is 4.74 Å². The summed E-state index contributed by atoms with van der Waals surface area (Å²) >= 11 is 0. The molecule has 0 spiro atoms. The van der Waals surface area contributed by atoms with Gasteiger partial charge in [-0.05, 0) is 34.2 Å². The van der Waals surface area contributed by atoms with Crippen LogP contribution >= 0.6 is 0 Å². The minimum Gasteiger partial charge on any atom is -0.386 e. The van der Waals surface area contributed by atoms with Gasteiger partial charge in [-0.3, -0.25) is 0 Å². The van der Waals surface area contributed by atoms with Crippen LogP contribution in [0, 0.1) is 0 Å². The van der Waals surface area contributed by atoms with Gasteiger partial charge in [0, 0.05) is 12.6 Å². The minimum atomic E-state index is -0.627. The lowest BCUT2D eigenvalue weighted by Crippen LogP contribution is -2.38. The summed E-state index contributed by atoms with van der Waals surface area (Å²) in [5, 5.41) is 10.1. The monoisotopic (exact) mass is 187 g/mol. The molecule has 1 aliphatic rings. The summed E-state index contributed by atoms with van der Waals surface area (Å²) in [5.74, 6) is 0. The molecule has 0 aliphatic carbocycles. The summed E-state index contributed by atoms with van der Waals surface area (Å²) in [5.41, 5.74) is -0.627. The van der Waals surface area contributed by atoms with Crippen molar-refractivity contribution in [2.45, 2.75) is 44.9 Å². The second-order valence-corrected chi connectivity index (χ2v) is 4.55. The maximum absolute atomic E-state index is 10.1. The molecule has 0 amide bonds. The van der Waals surface area contributed by atoms with E-state index in [4.69, 9.17) is 4.74 Å². The number of hydrogen-bond acceptors (Lipinski definition) is 3. The predicted molar refractivity (Wildman–Crippen MR) is 52.7 cm³/mol. The average Bonchev–Trinajstić information content (AvgIpc) is 2.24. The molecule has 1 fully saturated rings. The molecular weight excluding hydrogens is 166 g/mol. The van der Waals surface area contributed by atoms with Crippen LogP contribution in [0.4, 0.5) is 0 Å². The van der Waals surface area contributed by atoms with Crippen molar-refractivity contribution < 1.29 is 9.84 Å². The van der Waals surface area contributed by atoms with E-state index in [2.05, 4.69) is 11.8 Å². The van der Waals surface area contributed by atoms with Crippen molar-refractivity contribution in [2.24, 2.45) is 0 Å². The number of aliphatic hydroxyl groups is 1. The van der Waals surface area contributed by atoms with Gasteiger partial charge in [-0.15, -0.1) is 0 Å². The Bertz CT molecular complexity index is 160. The van der Waals surface area contributed by atoms with E-state index in [1.807, 2.05) is 20.9 Å². The topological polar surface area (TPSA) is 32.7 Å². The molecule has 0 aromatic rings. The number of β-amino-alcohol motifs (C(OH)–C–C–N with tert-alkyl or cyclic N) is 1. The molecular formula is C10H21NO2. The summed E-state index contributed by atoms with van der Waals surface area (Å²) in [6.45, 7) is 7.30. The molecule has 0 aromatic heterocycles. The quantitative estimate of drug-likeness (QED) is 0.711. The number of likely N-dealkylation sites (N-methyl/N-ethyl adjacent to an activating group) is 1. The van der Waals surface area contributed by atoms with Gasteiger partial charge in [0.05, 0.1) is 12.7 Å². The molecule has 78 valence electrons. The van der Waals surface area contributed by atoms with Crippen LogP contribution in [0.5, 0.6) is 0 Å². The molecule has 13 heavy (non-hydrogen) atoms. The Morgan fingerprint density at radius 1 is 1.62 bits per heavy atom. The summed E-state index contributed by atoms with van der Waals surface area (Å²) in [4.78, 5) is 2.17. The fraction of sp³-hybridized carbons (Fsp3) is 1.00. The Hall–Kier alpha value is -0.120. The average molecular weight is 187 g/mol. The lowest BCUT2D eigenvalue weighted by Gasteiger charge is -2.23. The predicted octanol–water partition coefficient (Wildman–Crippen LogP) is 0.867. The first-order chi connectivity index (χ1) is 5.93. The van der Waals surface area contributed by atoms with Gasteiger partial charge in [0.2, 0.25) is 0 Å². The highest BCUT2D eigenvalue weighted by Gasteiger charge is 2.39. The van der Waals surface area contributed by atoms with Crippen molar-refractivity contribution in [3.63, 3.8) is 0 Å². The van der Waals surface area contributed by atoms with Crippen LogP contribution in [0.2, 0.25) is 0 Å². The lowest BCUT2D eigenvalue weighted by atomic mass is 10.0. The van der Waals surface area contributed by atoms with E-state index in [0.29, 0.717) is 12.6 Å². The van der Waals surface area contributed by atoms with E-state index in [-0.39, 0.29) is 6.10 Å². The first-order valence-corrected chi connectivity index (χ1v) is 4.97. The van der Waals surface area contributed by atoms with Crippen LogP contribution in [0.15, 0.2) is 0 Å². The maximum Gasteiger partial charge on any atom is 0.102 e. The normalized spacial score (nSPS) is 36.0. The van der Waals surface area contributed by atoms with Gasteiger partial charge in [0.15, 0.2) is 0 Å². The molecule has 0 saturated carbocycles. The Balaban J connectivity index is 2.40. The molecule has 1 saturated heterocycles. The van der Waals surface area contributed by atoms with E-state index in [0.717, 1.165) is 13.0 Å². The van der Waals surface area contributed by atoms with Crippen molar-refractivity contribution in [1.29, 1.82) is 0 Å². The van der Waals surface area contributed by atoms with E-state index in [1.54, 1.807) is 0 Å². The van der Waals surface area contributed by atoms with Crippen molar-refractivity contribution >= 4 is 0 Å². The van der Waals surface area contributed by atoms with Crippen LogP contribution in [0.3, 0.4) is 0 Å². The molecule has 2 unspecified atom stereocenters. The van der Waals surface area contributed by atoms with Gasteiger partial charge >= 0.3 is 0 Å². The van der Waals surface area contributed by atoms with Crippen molar-refractivity contribution in [1.82, 2.24) is 4.90 Å². The molecule has 0 aromatic carbocycles. The molecule has 1 N–H and O–H groups in total. The zero-order chi connectivity index (χ0) is 10.1. The smallest absolute Gasteiger partial charge is 0.102 e. The van der Waals surface area contributed by atoms with Gasteiger partial charge in [-0.25, -0.2) is 0 Å². The second-order valence-electron chi connectivity index (χ2n) is 4.55. The molecule has 3 heteroatoms. The number of rotatable bonds is 3. The first-order valence-electron chi connectivity index (χ1n) is 4.97. The van der Waals surface area contributed by atoms with Crippen molar-refractivity contribution in [3.05, 3.63) is 0 Å². The fourth-order valence-electron chi connectivity index (χ4n) is 1.82. The third-order valence-electron chi connectivity index (χ3n) is 2.66. The van der Waals surface area contributed by atoms with E-state index in [1.165, 1.54) is 0 Å². The third-order valence-corrected chi connectivity index (χ3v) is 2.66. The minimum absolute atomic E-state index is 0.199. The zero-order valence-corrected chi connectivity index (χ0v) is 9.08. The number of hydrogen-bond donors (Lipinski definition) is 1.